The minimum Gasteiger partial charge on any atom is -0.326 e. The van der Waals surface area contributed by atoms with Crippen LogP contribution in [0.1, 0.15) is 18.1 Å². The minimum atomic E-state index is -0.532. The summed E-state index contributed by atoms with van der Waals surface area (Å²) in [5, 5.41) is 3.89. The van der Waals surface area contributed by atoms with Crippen molar-refractivity contribution >= 4 is 28.5 Å². The zero-order valence-corrected chi connectivity index (χ0v) is 14.5. The maximum absolute atomic E-state index is 12.9. The van der Waals surface area contributed by atoms with Gasteiger partial charge in [0.25, 0.3) is 0 Å². The lowest BCUT2D eigenvalue weighted by Gasteiger charge is -2.35. The molecule has 0 unspecified atom stereocenters. The number of anilines is 1. The SMILES string of the molecule is CC(=O)N1Cc2ccccc2C[C@@H]1C(=O)Nc1ccc2ccccc2n1. The van der Waals surface area contributed by atoms with Crippen LogP contribution < -0.4 is 5.32 Å². The smallest absolute Gasteiger partial charge is 0.248 e. The van der Waals surface area contributed by atoms with E-state index in [1.807, 2.05) is 54.6 Å². The topological polar surface area (TPSA) is 62.3 Å². The van der Waals surface area contributed by atoms with E-state index in [4.69, 9.17) is 0 Å². The first kappa shape index (κ1) is 16.3. The van der Waals surface area contributed by atoms with E-state index >= 15 is 0 Å². The molecular formula is C21H19N3O2. The molecule has 4 rings (SSSR count). The molecule has 130 valence electrons. The number of carbonyl (C=O) groups is 2. The Morgan fingerprint density at radius 1 is 1.00 bits per heavy atom. The van der Waals surface area contributed by atoms with Crippen molar-refractivity contribution in [1.82, 2.24) is 9.88 Å². The zero-order valence-electron chi connectivity index (χ0n) is 14.5. The maximum atomic E-state index is 12.9. The van der Waals surface area contributed by atoms with E-state index in [2.05, 4.69) is 10.3 Å². The molecule has 5 heteroatoms. The van der Waals surface area contributed by atoms with Gasteiger partial charge in [-0.25, -0.2) is 4.98 Å². The number of nitrogens with one attached hydrogen (secondary N) is 1. The van der Waals surface area contributed by atoms with Crippen molar-refractivity contribution in [3.05, 3.63) is 71.8 Å². The van der Waals surface area contributed by atoms with Crippen LogP contribution >= 0.6 is 0 Å². The van der Waals surface area contributed by atoms with E-state index in [1.54, 1.807) is 11.0 Å². The highest BCUT2D eigenvalue weighted by Crippen LogP contribution is 2.24. The molecule has 0 bridgehead atoms. The summed E-state index contributed by atoms with van der Waals surface area (Å²) in [5.41, 5.74) is 3.02. The monoisotopic (exact) mass is 345 g/mol. The number of nitrogens with zero attached hydrogens (tertiary/aromatic N) is 2. The third-order valence-electron chi connectivity index (χ3n) is 4.81. The number of para-hydroxylation sites is 1. The van der Waals surface area contributed by atoms with Crippen molar-refractivity contribution in [2.45, 2.75) is 25.9 Å². The predicted octanol–water partition coefficient (Wildman–Crippen LogP) is 3.15. The summed E-state index contributed by atoms with van der Waals surface area (Å²) in [5.74, 6) is 0.180. The van der Waals surface area contributed by atoms with Gasteiger partial charge in [-0.2, -0.15) is 0 Å². The average Bonchev–Trinajstić information content (AvgIpc) is 2.66. The van der Waals surface area contributed by atoms with Crippen molar-refractivity contribution < 1.29 is 9.59 Å². The largest absolute Gasteiger partial charge is 0.326 e. The summed E-state index contributed by atoms with van der Waals surface area (Å²) in [6.07, 6.45) is 0.509. The Kier molecular flexibility index (Phi) is 4.13. The Morgan fingerprint density at radius 3 is 2.54 bits per heavy atom. The summed E-state index contributed by atoms with van der Waals surface area (Å²) in [6, 6.07) is 18.9. The van der Waals surface area contributed by atoms with Crippen LogP contribution in [0.15, 0.2) is 60.7 Å². The molecule has 26 heavy (non-hydrogen) atoms. The van der Waals surface area contributed by atoms with E-state index in [0.717, 1.165) is 22.0 Å². The first-order valence-electron chi connectivity index (χ1n) is 8.62. The summed E-state index contributed by atoms with van der Waals surface area (Å²) in [4.78, 5) is 31.1. The number of pyridine rings is 1. The molecular weight excluding hydrogens is 326 g/mol. The molecule has 1 aliphatic heterocycles. The molecule has 2 aromatic carbocycles. The van der Waals surface area contributed by atoms with Crippen LogP contribution in [-0.2, 0) is 22.6 Å². The van der Waals surface area contributed by atoms with Crippen LogP contribution in [0, 0.1) is 0 Å². The van der Waals surface area contributed by atoms with Crippen molar-refractivity contribution in [3.8, 4) is 0 Å². The Bertz CT molecular complexity index is 999. The number of rotatable bonds is 2. The second-order valence-electron chi connectivity index (χ2n) is 6.51. The van der Waals surface area contributed by atoms with Crippen LogP contribution in [-0.4, -0.2) is 27.7 Å². The highest BCUT2D eigenvalue weighted by molar-refractivity contribution is 5.97. The zero-order chi connectivity index (χ0) is 18.1. The van der Waals surface area contributed by atoms with Gasteiger partial charge in [0.15, 0.2) is 0 Å². The number of benzene rings is 2. The van der Waals surface area contributed by atoms with Crippen LogP contribution in [0.5, 0.6) is 0 Å². The first-order chi connectivity index (χ1) is 12.6. The molecule has 1 N–H and O–H groups in total. The highest BCUT2D eigenvalue weighted by atomic mass is 16.2. The van der Waals surface area contributed by atoms with E-state index in [1.165, 1.54) is 6.92 Å². The predicted molar refractivity (Wildman–Crippen MR) is 101 cm³/mol. The van der Waals surface area contributed by atoms with Crippen molar-refractivity contribution in [2.24, 2.45) is 0 Å². The van der Waals surface area contributed by atoms with Crippen LogP contribution in [0.3, 0.4) is 0 Å². The van der Waals surface area contributed by atoms with Gasteiger partial charge < -0.3 is 10.2 Å². The van der Waals surface area contributed by atoms with Crippen LogP contribution in [0.25, 0.3) is 10.9 Å². The van der Waals surface area contributed by atoms with Gasteiger partial charge in [-0.3, -0.25) is 9.59 Å². The van der Waals surface area contributed by atoms with Crippen LogP contribution in [0.4, 0.5) is 5.82 Å². The molecule has 1 atom stereocenters. The fourth-order valence-electron chi connectivity index (χ4n) is 3.43. The standard InChI is InChI=1S/C21H19N3O2/c1-14(25)24-13-17-8-3-2-7-16(17)12-19(24)21(26)23-20-11-10-15-6-4-5-9-18(15)22-20/h2-11,19H,12-13H2,1H3,(H,22,23,26)/t19-/m1/s1. The van der Waals surface area contributed by atoms with Gasteiger partial charge in [0, 0.05) is 25.3 Å². The summed E-state index contributed by atoms with van der Waals surface area (Å²) in [7, 11) is 0. The molecule has 0 spiro atoms. The second-order valence-corrected chi connectivity index (χ2v) is 6.51. The lowest BCUT2D eigenvalue weighted by atomic mass is 9.93. The molecule has 2 heterocycles. The lowest BCUT2D eigenvalue weighted by molar-refractivity contribution is -0.138. The number of fused-ring (bicyclic) bond motifs is 2. The average molecular weight is 345 g/mol. The molecule has 0 fully saturated rings. The second kappa shape index (κ2) is 6.59. The van der Waals surface area contributed by atoms with Crippen LogP contribution in [0.2, 0.25) is 0 Å². The molecule has 5 nitrogen and oxygen atoms in total. The minimum absolute atomic E-state index is 0.105. The molecule has 0 saturated carbocycles. The lowest BCUT2D eigenvalue weighted by Crippen LogP contribution is -2.50. The number of amides is 2. The quantitative estimate of drug-likeness (QED) is 0.776. The van der Waals surface area contributed by atoms with Gasteiger partial charge >= 0.3 is 0 Å². The summed E-state index contributed by atoms with van der Waals surface area (Å²) >= 11 is 0. The van der Waals surface area contributed by atoms with E-state index in [9.17, 15) is 9.59 Å². The third-order valence-corrected chi connectivity index (χ3v) is 4.81. The maximum Gasteiger partial charge on any atom is 0.248 e. The normalized spacial score (nSPS) is 16.2. The summed E-state index contributed by atoms with van der Waals surface area (Å²) in [6.45, 7) is 1.96. The number of hydrogen-bond donors (Lipinski definition) is 1. The first-order valence-corrected chi connectivity index (χ1v) is 8.62. The van der Waals surface area contributed by atoms with E-state index in [0.29, 0.717) is 18.8 Å². The van der Waals surface area contributed by atoms with E-state index < -0.39 is 6.04 Å². The van der Waals surface area contributed by atoms with Gasteiger partial charge in [0.2, 0.25) is 11.8 Å². The molecule has 3 aromatic rings. The Balaban J connectivity index is 1.60. The Morgan fingerprint density at radius 2 is 1.73 bits per heavy atom. The fraction of sp³-hybridized carbons (Fsp3) is 0.190. The van der Waals surface area contributed by atoms with Gasteiger partial charge in [-0.1, -0.05) is 42.5 Å². The highest BCUT2D eigenvalue weighted by Gasteiger charge is 2.33. The molecule has 1 aliphatic rings. The number of carbonyl (C=O) groups excluding carboxylic acids is 2. The van der Waals surface area contributed by atoms with Crippen molar-refractivity contribution in [1.29, 1.82) is 0 Å². The Hall–Kier alpha value is -3.21. The van der Waals surface area contributed by atoms with Gasteiger partial charge in [-0.15, -0.1) is 0 Å². The van der Waals surface area contributed by atoms with Crippen molar-refractivity contribution in [3.63, 3.8) is 0 Å². The molecule has 0 radical (unpaired) electrons. The Labute approximate surface area is 151 Å². The fourth-order valence-corrected chi connectivity index (χ4v) is 3.43. The molecule has 0 aliphatic carbocycles. The van der Waals surface area contributed by atoms with Gasteiger partial charge in [0.1, 0.15) is 11.9 Å². The number of aromatic nitrogens is 1. The van der Waals surface area contributed by atoms with Gasteiger partial charge in [-0.05, 0) is 29.3 Å². The van der Waals surface area contributed by atoms with E-state index in [-0.39, 0.29) is 11.8 Å². The molecule has 2 amide bonds. The third kappa shape index (κ3) is 3.04. The van der Waals surface area contributed by atoms with Crippen molar-refractivity contribution in [2.75, 3.05) is 5.32 Å². The summed E-state index contributed by atoms with van der Waals surface area (Å²) < 4.78 is 0. The molecule has 0 saturated heterocycles. The van der Waals surface area contributed by atoms with Gasteiger partial charge in [0.05, 0.1) is 5.52 Å². The number of hydrogen-bond acceptors (Lipinski definition) is 3. The molecule has 1 aromatic heterocycles.